The smallest absolute Gasteiger partial charge is 0.266 e. The summed E-state index contributed by atoms with van der Waals surface area (Å²) in [4.78, 5) is 58.4. The number of carbonyl (C=O) groups is 4. The first-order chi connectivity index (χ1) is 40.7. The maximum Gasteiger partial charge on any atom is 0.266 e. The number of hydrogen-bond acceptors (Lipinski definition) is 6. The van der Waals surface area contributed by atoms with Crippen LogP contribution in [-0.4, -0.2) is 34.1 Å². The standard InChI is InChI=1S/C76H60N2O6/c1-7-73(3,4)47-25-27-48(28-26-47)75(65-21-13-9-17-57(65)58-18-10-14-22-66(58)75)49-29-35-52(36-30-49)77-69(79)61-43-41-55(45-63(61)70(77)80)83-53-37-31-50(32-38-53)76(67-23-15-11-19-59(67)60-20-12-16-24-68(60)76)51-33-39-54(40-34-51)84-56-42-44-62-64(46-56)72(82)78(71(62)81)74(5,6)8-2/h9-46H,7-8H2,1-6H3. The molecule has 0 spiro atoms. The maximum absolute atomic E-state index is 14.5. The van der Waals surface area contributed by atoms with E-state index in [4.69, 9.17) is 9.47 Å². The number of imide groups is 2. The lowest BCUT2D eigenvalue weighted by atomic mass is 9.67. The summed E-state index contributed by atoms with van der Waals surface area (Å²) in [5.41, 5.74) is 14.6. The molecule has 0 unspecified atom stereocenters. The Hall–Kier alpha value is -9.92. The molecule has 4 amide bonds. The number of fused-ring (bicyclic) bond motifs is 8. The predicted molar refractivity (Wildman–Crippen MR) is 330 cm³/mol. The summed E-state index contributed by atoms with van der Waals surface area (Å²) < 4.78 is 12.9. The molecule has 0 bridgehead atoms. The largest absolute Gasteiger partial charge is 0.457 e. The maximum atomic E-state index is 14.5. The van der Waals surface area contributed by atoms with E-state index >= 15 is 0 Å². The Labute approximate surface area is 489 Å². The zero-order chi connectivity index (χ0) is 57.9. The third kappa shape index (κ3) is 7.66. The van der Waals surface area contributed by atoms with Gasteiger partial charge in [0.1, 0.15) is 23.0 Å². The SMILES string of the molecule is CCC(C)(C)c1ccc(C2(c3ccc(N4C(=O)c5ccc(Oc6ccc(C7(c8ccc(Oc9ccc%10c(c9)C(=O)N(C(C)(C)CC)C%10=O)cc8)c8ccccc8-c8ccccc87)cc6)cc5C4=O)cc3)c3ccccc3-c3ccccc32)cc1. The minimum absolute atomic E-state index is 0.0260. The second kappa shape index (κ2) is 19.3. The average Bonchev–Trinajstić information content (AvgIpc) is 1.91. The number of nitrogens with zero attached hydrogens (tertiary/aromatic N) is 2. The van der Waals surface area contributed by atoms with Gasteiger partial charge in [-0.25, -0.2) is 4.90 Å². The highest BCUT2D eigenvalue weighted by Gasteiger charge is 2.49. The van der Waals surface area contributed by atoms with Crippen molar-refractivity contribution in [2.24, 2.45) is 0 Å². The molecule has 0 atom stereocenters. The fourth-order valence-corrected chi connectivity index (χ4v) is 13.6. The topological polar surface area (TPSA) is 93.2 Å². The van der Waals surface area contributed by atoms with Crippen LogP contribution in [0, 0.1) is 0 Å². The zero-order valence-electron chi connectivity index (χ0n) is 47.7. The Bertz CT molecular complexity index is 4270. The van der Waals surface area contributed by atoms with Crippen LogP contribution in [0.4, 0.5) is 5.69 Å². The van der Waals surface area contributed by atoms with Gasteiger partial charge in [-0.05, 0) is 177 Å². The molecular formula is C76H60N2O6. The van der Waals surface area contributed by atoms with Crippen molar-refractivity contribution in [2.45, 2.75) is 76.2 Å². The van der Waals surface area contributed by atoms with Gasteiger partial charge in [-0.3, -0.25) is 24.1 Å². The van der Waals surface area contributed by atoms with E-state index in [1.165, 1.54) is 37.6 Å². The third-order valence-electron chi connectivity index (χ3n) is 18.7. The van der Waals surface area contributed by atoms with Crippen molar-refractivity contribution in [3.8, 4) is 45.3 Å². The molecule has 2 heterocycles. The minimum atomic E-state index is -0.730. The molecule has 8 heteroatoms. The van der Waals surface area contributed by atoms with Gasteiger partial charge in [-0.15, -0.1) is 0 Å². The van der Waals surface area contributed by atoms with Gasteiger partial charge in [-0.1, -0.05) is 185 Å². The summed E-state index contributed by atoms with van der Waals surface area (Å²) in [6.45, 7) is 12.6. The van der Waals surface area contributed by atoms with Gasteiger partial charge in [0, 0.05) is 5.54 Å². The van der Waals surface area contributed by atoms with E-state index in [-0.39, 0.29) is 28.7 Å². The van der Waals surface area contributed by atoms with Crippen molar-refractivity contribution in [1.29, 1.82) is 0 Å². The average molecular weight is 1100 g/mol. The molecule has 0 saturated heterocycles. The fourth-order valence-electron chi connectivity index (χ4n) is 13.6. The number of benzene rings is 10. The van der Waals surface area contributed by atoms with Crippen LogP contribution in [-0.2, 0) is 16.2 Å². The Morgan fingerprint density at radius 1 is 0.345 bits per heavy atom. The van der Waals surface area contributed by atoms with Gasteiger partial charge >= 0.3 is 0 Å². The van der Waals surface area contributed by atoms with Crippen molar-refractivity contribution < 1.29 is 28.7 Å². The molecule has 0 aromatic heterocycles. The molecule has 410 valence electrons. The van der Waals surface area contributed by atoms with Crippen LogP contribution in [0.3, 0.4) is 0 Å². The van der Waals surface area contributed by atoms with Crippen LogP contribution in [0.15, 0.2) is 231 Å². The Morgan fingerprint density at radius 3 is 1.08 bits per heavy atom. The number of hydrogen-bond donors (Lipinski definition) is 0. The van der Waals surface area contributed by atoms with Crippen LogP contribution in [0.5, 0.6) is 23.0 Å². The van der Waals surface area contributed by atoms with Crippen LogP contribution < -0.4 is 14.4 Å². The second-order valence-electron chi connectivity index (χ2n) is 23.8. The molecule has 10 aromatic carbocycles. The molecule has 0 radical (unpaired) electrons. The highest BCUT2D eigenvalue weighted by molar-refractivity contribution is 6.34. The molecule has 2 aliphatic carbocycles. The minimum Gasteiger partial charge on any atom is -0.457 e. The van der Waals surface area contributed by atoms with Crippen molar-refractivity contribution >= 4 is 29.3 Å². The van der Waals surface area contributed by atoms with E-state index in [2.05, 4.69) is 178 Å². The quantitative estimate of drug-likeness (QED) is 0.107. The summed E-state index contributed by atoms with van der Waals surface area (Å²) >= 11 is 0. The molecule has 2 aliphatic heterocycles. The number of carbonyl (C=O) groups excluding carboxylic acids is 4. The first-order valence-electron chi connectivity index (χ1n) is 28.9. The van der Waals surface area contributed by atoms with Gasteiger partial charge in [0.25, 0.3) is 23.6 Å². The predicted octanol–water partition coefficient (Wildman–Crippen LogP) is 17.3. The third-order valence-corrected chi connectivity index (χ3v) is 18.7. The molecule has 14 rings (SSSR count). The van der Waals surface area contributed by atoms with Crippen molar-refractivity contribution in [1.82, 2.24) is 4.90 Å². The van der Waals surface area contributed by atoms with Gasteiger partial charge in [-0.2, -0.15) is 0 Å². The molecule has 0 saturated carbocycles. The van der Waals surface area contributed by atoms with E-state index in [0.29, 0.717) is 51.8 Å². The van der Waals surface area contributed by atoms with Gasteiger partial charge in [0.2, 0.25) is 0 Å². The highest BCUT2D eigenvalue weighted by Crippen LogP contribution is 2.58. The van der Waals surface area contributed by atoms with Crippen molar-refractivity contribution in [2.75, 3.05) is 4.90 Å². The summed E-state index contributed by atoms with van der Waals surface area (Å²) in [6.07, 6.45) is 1.65. The number of amides is 4. The summed E-state index contributed by atoms with van der Waals surface area (Å²) in [5.74, 6) is 0.621. The molecule has 0 N–H and O–H groups in total. The van der Waals surface area contributed by atoms with Gasteiger partial charge in [0.05, 0.1) is 38.8 Å². The monoisotopic (exact) mass is 1100 g/mol. The van der Waals surface area contributed by atoms with Crippen LogP contribution >= 0.6 is 0 Å². The Morgan fingerprint density at radius 2 is 0.679 bits per heavy atom. The van der Waals surface area contributed by atoms with E-state index in [1.54, 1.807) is 36.4 Å². The van der Waals surface area contributed by atoms with Crippen molar-refractivity contribution in [3.05, 3.63) is 303 Å². The molecule has 4 aliphatic rings. The summed E-state index contributed by atoms with van der Waals surface area (Å²) in [7, 11) is 0. The molecule has 84 heavy (non-hydrogen) atoms. The lowest BCUT2D eigenvalue weighted by Gasteiger charge is -2.35. The van der Waals surface area contributed by atoms with E-state index in [9.17, 15) is 19.2 Å². The van der Waals surface area contributed by atoms with Gasteiger partial charge < -0.3 is 9.47 Å². The first kappa shape index (κ1) is 52.2. The van der Waals surface area contributed by atoms with Crippen LogP contribution in [0.25, 0.3) is 22.3 Å². The molecular weight excluding hydrogens is 1040 g/mol. The molecule has 0 fully saturated rings. The van der Waals surface area contributed by atoms with E-state index < -0.39 is 22.3 Å². The van der Waals surface area contributed by atoms with E-state index in [0.717, 1.165) is 50.9 Å². The first-order valence-corrected chi connectivity index (χ1v) is 28.9. The number of anilines is 1. The zero-order valence-corrected chi connectivity index (χ0v) is 47.7. The normalized spacial score (nSPS) is 15.1. The number of ether oxygens (including phenoxy) is 2. The van der Waals surface area contributed by atoms with Crippen molar-refractivity contribution in [3.63, 3.8) is 0 Å². The Balaban J connectivity index is 0.748. The summed E-state index contributed by atoms with van der Waals surface area (Å²) in [5, 5.41) is 0. The number of rotatable bonds is 13. The van der Waals surface area contributed by atoms with Gasteiger partial charge in [0.15, 0.2) is 0 Å². The lowest BCUT2D eigenvalue weighted by molar-refractivity contribution is 0.0473. The second-order valence-corrected chi connectivity index (χ2v) is 23.8. The molecule has 10 aromatic rings. The summed E-state index contributed by atoms with van der Waals surface area (Å²) in [6, 6.07) is 77.6. The highest BCUT2D eigenvalue weighted by atomic mass is 16.5. The van der Waals surface area contributed by atoms with Crippen LogP contribution in [0.2, 0.25) is 0 Å². The lowest BCUT2D eigenvalue weighted by Crippen LogP contribution is -2.47. The Kier molecular flexibility index (Phi) is 12.0. The van der Waals surface area contributed by atoms with Crippen LogP contribution in [0.1, 0.15) is 146 Å². The fraction of sp³-hybridized carbons (Fsp3) is 0.158. The molecule has 8 nitrogen and oxygen atoms in total. The van der Waals surface area contributed by atoms with E-state index in [1.807, 2.05) is 57.2 Å².